The number of methoxy groups -OCH3 is 1. The van der Waals surface area contributed by atoms with Crippen molar-refractivity contribution < 1.29 is 4.74 Å². The fourth-order valence-corrected chi connectivity index (χ4v) is 2.34. The number of nitrogens with two attached hydrogens (primary N) is 1. The first-order chi connectivity index (χ1) is 10.2. The maximum absolute atomic E-state index is 12.1. The Kier molecular flexibility index (Phi) is 3.31. The molecule has 21 heavy (non-hydrogen) atoms. The Morgan fingerprint density at radius 2 is 2.05 bits per heavy atom. The number of hydrogen-bond acceptors (Lipinski definition) is 4. The zero-order valence-electron chi connectivity index (χ0n) is 11.6. The van der Waals surface area contributed by atoms with Crippen LogP contribution in [0.1, 0.15) is 5.56 Å². The molecule has 0 aliphatic rings. The Morgan fingerprint density at radius 1 is 1.24 bits per heavy atom. The van der Waals surface area contributed by atoms with Crippen molar-refractivity contribution in [3.05, 3.63) is 64.6 Å². The third-order valence-electron chi connectivity index (χ3n) is 3.39. The molecule has 3 aromatic rings. The molecule has 5 nitrogen and oxygen atoms in total. The van der Waals surface area contributed by atoms with Gasteiger partial charge in [0.25, 0.3) is 5.56 Å². The van der Waals surface area contributed by atoms with E-state index in [0.29, 0.717) is 18.0 Å². The first kappa shape index (κ1) is 13.2. The van der Waals surface area contributed by atoms with Gasteiger partial charge in [-0.2, -0.15) is 0 Å². The van der Waals surface area contributed by atoms with E-state index in [1.54, 1.807) is 23.8 Å². The standard InChI is InChI=1S/C16H15N3O2/c1-21-15-8-12(17)7-6-11(15)10-19-14-5-3-2-4-13(14)18-9-16(19)20/h2-9H,10,17H2,1H3. The van der Waals surface area contributed by atoms with Crippen molar-refractivity contribution in [1.29, 1.82) is 0 Å². The minimum Gasteiger partial charge on any atom is -0.496 e. The van der Waals surface area contributed by atoms with Gasteiger partial charge in [-0.25, -0.2) is 4.98 Å². The fraction of sp³-hybridized carbons (Fsp3) is 0.125. The molecule has 0 saturated heterocycles. The summed E-state index contributed by atoms with van der Waals surface area (Å²) in [5.41, 5.74) is 8.71. The summed E-state index contributed by atoms with van der Waals surface area (Å²) >= 11 is 0. The Morgan fingerprint density at radius 3 is 2.86 bits per heavy atom. The smallest absolute Gasteiger partial charge is 0.269 e. The predicted molar refractivity (Wildman–Crippen MR) is 82.5 cm³/mol. The van der Waals surface area contributed by atoms with Crippen LogP contribution in [0.25, 0.3) is 11.0 Å². The zero-order chi connectivity index (χ0) is 14.8. The number of hydrogen-bond donors (Lipinski definition) is 1. The van der Waals surface area contributed by atoms with Crippen molar-refractivity contribution in [2.45, 2.75) is 6.54 Å². The molecule has 106 valence electrons. The van der Waals surface area contributed by atoms with Crippen LogP contribution in [-0.4, -0.2) is 16.7 Å². The number of rotatable bonds is 3. The topological polar surface area (TPSA) is 70.1 Å². The molecule has 0 unspecified atom stereocenters. The van der Waals surface area contributed by atoms with Gasteiger partial charge in [0.2, 0.25) is 0 Å². The number of aromatic nitrogens is 2. The van der Waals surface area contributed by atoms with Gasteiger partial charge in [0.15, 0.2) is 0 Å². The first-order valence-corrected chi connectivity index (χ1v) is 6.56. The van der Waals surface area contributed by atoms with Gasteiger partial charge in [0.1, 0.15) is 5.75 Å². The van der Waals surface area contributed by atoms with Gasteiger partial charge in [0, 0.05) is 17.3 Å². The van der Waals surface area contributed by atoms with Crippen molar-refractivity contribution >= 4 is 16.7 Å². The lowest BCUT2D eigenvalue weighted by molar-refractivity contribution is 0.408. The van der Waals surface area contributed by atoms with E-state index in [0.717, 1.165) is 16.6 Å². The molecule has 0 radical (unpaired) electrons. The van der Waals surface area contributed by atoms with Crippen molar-refractivity contribution in [3.63, 3.8) is 0 Å². The average Bonchev–Trinajstić information content (AvgIpc) is 2.51. The normalized spacial score (nSPS) is 10.7. The lowest BCUT2D eigenvalue weighted by Gasteiger charge is -2.13. The van der Waals surface area contributed by atoms with Crippen molar-refractivity contribution in [3.8, 4) is 5.75 Å². The Bertz CT molecular complexity index is 856. The number of ether oxygens (including phenoxy) is 1. The summed E-state index contributed by atoms with van der Waals surface area (Å²) in [7, 11) is 1.59. The summed E-state index contributed by atoms with van der Waals surface area (Å²) in [4.78, 5) is 16.3. The van der Waals surface area contributed by atoms with Gasteiger partial charge >= 0.3 is 0 Å². The van der Waals surface area contributed by atoms with Gasteiger partial charge in [-0.05, 0) is 18.2 Å². The number of anilines is 1. The predicted octanol–water partition coefficient (Wildman–Crippen LogP) is 2.04. The fourth-order valence-electron chi connectivity index (χ4n) is 2.34. The van der Waals surface area contributed by atoms with E-state index in [9.17, 15) is 4.79 Å². The Balaban J connectivity index is 2.14. The molecule has 0 bridgehead atoms. The second kappa shape index (κ2) is 5.28. The third kappa shape index (κ3) is 2.45. The minimum atomic E-state index is -0.146. The molecule has 5 heteroatoms. The highest BCUT2D eigenvalue weighted by atomic mass is 16.5. The molecule has 2 N–H and O–H groups in total. The highest BCUT2D eigenvalue weighted by Gasteiger charge is 2.08. The van der Waals surface area contributed by atoms with E-state index in [-0.39, 0.29) is 5.56 Å². The number of nitrogens with zero attached hydrogens (tertiary/aromatic N) is 2. The van der Waals surface area contributed by atoms with Crippen molar-refractivity contribution in [2.24, 2.45) is 0 Å². The summed E-state index contributed by atoms with van der Waals surface area (Å²) in [5, 5.41) is 0. The molecule has 0 atom stereocenters. The molecular formula is C16H15N3O2. The second-order valence-corrected chi connectivity index (χ2v) is 4.74. The van der Waals surface area contributed by atoms with Crippen molar-refractivity contribution in [2.75, 3.05) is 12.8 Å². The number of para-hydroxylation sites is 2. The quantitative estimate of drug-likeness (QED) is 0.746. The van der Waals surface area contributed by atoms with Crippen LogP contribution in [-0.2, 0) is 6.54 Å². The van der Waals surface area contributed by atoms with E-state index in [1.807, 2.05) is 30.3 Å². The highest BCUT2D eigenvalue weighted by Crippen LogP contribution is 2.23. The molecule has 1 aromatic heterocycles. The van der Waals surface area contributed by atoms with E-state index in [2.05, 4.69) is 4.98 Å². The summed E-state index contributed by atoms with van der Waals surface area (Å²) in [5.74, 6) is 0.669. The maximum Gasteiger partial charge on any atom is 0.269 e. The summed E-state index contributed by atoms with van der Waals surface area (Å²) in [6, 6.07) is 13.0. The van der Waals surface area contributed by atoms with Crippen LogP contribution in [0.15, 0.2) is 53.5 Å². The molecule has 0 aliphatic carbocycles. The van der Waals surface area contributed by atoms with E-state index < -0.39 is 0 Å². The first-order valence-electron chi connectivity index (χ1n) is 6.56. The highest BCUT2D eigenvalue weighted by molar-refractivity contribution is 5.74. The molecule has 0 fully saturated rings. The van der Waals surface area contributed by atoms with Crippen LogP contribution in [0, 0.1) is 0 Å². The van der Waals surface area contributed by atoms with Crippen LogP contribution >= 0.6 is 0 Å². The third-order valence-corrected chi connectivity index (χ3v) is 3.39. The summed E-state index contributed by atoms with van der Waals surface area (Å²) in [6.07, 6.45) is 1.34. The monoisotopic (exact) mass is 281 g/mol. The van der Waals surface area contributed by atoms with Crippen LogP contribution in [0.2, 0.25) is 0 Å². The van der Waals surface area contributed by atoms with E-state index >= 15 is 0 Å². The lowest BCUT2D eigenvalue weighted by atomic mass is 10.1. The van der Waals surface area contributed by atoms with Crippen molar-refractivity contribution in [1.82, 2.24) is 9.55 Å². The summed E-state index contributed by atoms with van der Waals surface area (Å²) in [6.45, 7) is 0.408. The number of benzene rings is 2. The van der Waals surface area contributed by atoms with E-state index in [4.69, 9.17) is 10.5 Å². The number of fused-ring (bicyclic) bond motifs is 1. The van der Waals surface area contributed by atoms with Crippen LogP contribution < -0.4 is 16.0 Å². The van der Waals surface area contributed by atoms with Crippen LogP contribution in [0.4, 0.5) is 5.69 Å². The Labute approximate surface area is 121 Å². The van der Waals surface area contributed by atoms with Gasteiger partial charge < -0.3 is 15.0 Å². The molecule has 0 spiro atoms. The number of nitrogen functional groups attached to an aromatic ring is 1. The van der Waals surface area contributed by atoms with Crippen LogP contribution in [0.5, 0.6) is 5.75 Å². The van der Waals surface area contributed by atoms with Gasteiger partial charge in [-0.1, -0.05) is 18.2 Å². The van der Waals surface area contributed by atoms with E-state index in [1.165, 1.54) is 6.20 Å². The zero-order valence-corrected chi connectivity index (χ0v) is 11.6. The second-order valence-electron chi connectivity index (χ2n) is 4.74. The molecular weight excluding hydrogens is 266 g/mol. The maximum atomic E-state index is 12.1. The lowest BCUT2D eigenvalue weighted by Crippen LogP contribution is -2.21. The molecule has 0 saturated carbocycles. The molecule has 3 rings (SSSR count). The molecule has 0 amide bonds. The minimum absolute atomic E-state index is 0.146. The Hall–Kier alpha value is -2.82. The average molecular weight is 281 g/mol. The van der Waals surface area contributed by atoms with Gasteiger partial charge in [-0.15, -0.1) is 0 Å². The van der Waals surface area contributed by atoms with Crippen LogP contribution in [0.3, 0.4) is 0 Å². The van der Waals surface area contributed by atoms with Gasteiger partial charge in [-0.3, -0.25) is 4.79 Å². The molecule has 1 heterocycles. The SMILES string of the molecule is COc1cc(N)ccc1Cn1c(=O)cnc2ccccc21. The summed E-state index contributed by atoms with van der Waals surface area (Å²) < 4.78 is 7.02. The van der Waals surface area contributed by atoms with Gasteiger partial charge in [0.05, 0.1) is 30.9 Å². The molecule has 0 aliphatic heterocycles. The largest absolute Gasteiger partial charge is 0.496 e. The molecule has 2 aromatic carbocycles.